The van der Waals surface area contributed by atoms with Crippen molar-refractivity contribution in [2.45, 2.75) is 19.4 Å². The van der Waals surface area contributed by atoms with Crippen molar-refractivity contribution in [1.82, 2.24) is 24.8 Å². The Hall–Kier alpha value is -4.09. The monoisotopic (exact) mass is 444 g/mol. The number of carbonyl (C=O) groups is 2. The maximum Gasteiger partial charge on any atom is 0.406 e. The summed E-state index contributed by atoms with van der Waals surface area (Å²) >= 11 is 0. The highest BCUT2D eigenvalue weighted by atomic mass is 16.5. The number of amides is 1. The van der Waals surface area contributed by atoms with Crippen molar-refractivity contribution in [3.8, 4) is 12.0 Å². The number of carbonyl (C=O) groups excluding carboxylic acids is 2. The highest BCUT2D eigenvalue weighted by molar-refractivity contribution is 5.83. The summed E-state index contributed by atoms with van der Waals surface area (Å²) in [6.07, 6.45) is 0.106. The first-order valence-electron chi connectivity index (χ1n) is 9.73. The molecule has 0 fully saturated rings. The van der Waals surface area contributed by atoms with Gasteiger partial charge in [0.15, 0.2) is 17.0 Å². The van der Waals surface area contributed by atoms with Crippen LogP contribution in [0.2, 0.25) is 0 Å². The largest absolute Gasteiger partial charge is 0.480 e. The molecule has 2 heterocycles. The number of imidazole rings is 1. The number of fused-ring (bicyclic) bond motifs is 1. The number of nitrogens with zero attached hydrogens (tertiary/aromatic N) is 4. The first-order valence-corrected chi connectivity index (χ1v) is 9.73. The predicted octanol–water partition coefficient (Wildman–Crippen LogP) is 1.00. The summed E-state index contributed by atoms with van der Waals surface area (Å²) in [5, 5.41) is 12.9. The number of nitrogens with one attached hydrogen (secondary N) is 1. The van der Waals surface area contributed by atoms with Gasteiger partial charge in [-0.3, -0.25) is 9.36 Å². The first kappa shape index (κ1) is 22.6. The molecule has 3 aromatic rings. The third kappa shape index (κ3) is 5.53. The van der Waals surface area contributed by atoms with E-state index in [0.29, 0.717) is 18.6 Å². The fourth-order valence-electron chi connectivity index (χ4n) is 2.96. The molecule has 0 bridgehead atoms. The Morgan fingerprint density at radius 1 is 1.16 bits per heavy atom. The number of rotatable bonds is 9. The maximum absolute atomic E-state index is 11.5. The van der Waals surface area contributed by atoms with E-state index < -0.39 is 6.09 Å². The van der Waals surface area contributed by atoms with Gasteiger partial charge in [-0.1, -0.05) is 24.3 Å². The second kappa shape index (κ2) is 10.3. The van der Waals surface area contributed by atoms with Gasteiger partial charge in [-0.25, -0.2) is 4.79 Å². The van der Waals surface area contributed by atoms with Crippen LogP contribution < -0.4 is 15.8 Å². The lowest BCUT2D eigenvalue weighted by atomic mass is 10.1. The zero-order valence-electron chi connectivity index (χ0n) is 17.7. The van der Waals surface area contributed by atoms with Gasteiger partial charge >= 0.3 is 18.1 Å². The topological polar surface area (TPSA) is 164 Å². The molecular weight excluding hydrogens is 420 g/mol. The molecule has 170 valence electrons. The Morgan fingerprint density at radius 3 is 2.69 bits per heavy atom. The van der Waals surface area contributed by atoms with Gasteiger partial charge in [0.1, 0.15) is 0 Å². The van der Waals surface area contributed by atoms with Gasteiger partial charge in [-0.2, -0.15) is 15.0 Å². The molecule has 0 aliphatic heterocycles. The number of methoxy groups -OCH3 is 2. The molecule has 0 unspecified atom stereocenters. The van der Waals surface area contributed by atoms with E-state index in [0.717, 1.165) is 11.1 Å². The van der Waals surface area contributed by atoms with E-state index in [1.165, 1.54) is 18.8 Å². The molecule has 0 radical (unpaired) electrons. The molecule has 3 rings (SSSR count). The van der Waals surface area contributed by atoms with Crippen LogP contribution in [0.25, 0.3) is 11.2 Å². The van der Waals surface area contributed by atoms with E-state index in [2.05, 4.69) is 25.0 Å². The second-order valence-corrected chi connectivity index (χ2v) is 6.75. The Bertz CT molecular complexity index is 1120. The summed E-state index contributed by atoms with van der Waals surface area (Å²) in [5.41, 5.74) is 8.11. The zero-order chi connectivity index (χ0) is 23.1. The lowest BCUT2D eigenvalue weighted by Crippen LogP contribution is -2.25. The van der Waals surface area contributed by atoms with Crippen LogP contribution in [0.3, 0.4) is 0 Å². The average Bonchev–Trinajstić information content (AvgIpc) is 3.09. The summed E-state index contributed by atoms with van der Waals surface area (Å²) in [5.74, 6) is -0.284. The number of anilines is 1. The number of aromatic nitrogens is 4. The summed E-state index contributed by atoms with van der Waals surface area (Å²) in [7, 11) is 2.62. The van der Waals surface area contributed by atoms with Gasteiger partial charge < -0.3 is 30.4 Å². The molecule has 0 saturated carbocycles. The summed E-state index contributed by atoms with van der Waals surface area (Å²) < 4.78 is 16.2. The third-order valence-corrected chi connectivity index (χ3v) is 4.50. The lowest BCUT2D eigenvalue weighted by Gasteiger charge is -2.09. The van der Waals surface area contributed by atoms with E-state index in [-0.39, 0.29) is 48.9 Å². The van der Waals surface area contributed by atoms with Crippen molar-refractivity contribution in [2.75, 3.05) is 33.1 Å². The molecule has 0 saturated heterocycles. The molecule has 32 heavy (non-hydrogen) atoms. The summed E-state index contributed by atoms with van der Waals surface area (Å²) in [6, 6.07) is 7.05. The molecule has 2 aromatic heterocycles. The van der Waals surface area contributed by atoms with Crippen molar-refractivity contribution in [1.29, 1.82) is 0 Å². The SMILES string of the molecule is COC(=O)Cc1cccc(Cn2c(O)nc3c(N)nc(OCCCNC(=O)OC)nc32)c1. The number of aromatic hydroxyl groups is 1. The van der Waals surface area contributed by atoms with E-state index in [4.69, 9.17) is 15.2 Å². The van der Waals surface area contributed by atoms with E-state index in [9.17, 15) is 14.7 Å². The van der Waals surface area contributed by atoms with Crippen molar-refractivity contribution in [2.24, 2.45) is 0 Å². The van der Waals surface area contributed by atoms with Crippen molar-refractivity contribution in [3.63, 3.8) is 0 Å². The van der Waals surface area contributed by atoms with Gasteiger partial charge in [0.25, 0.3) is 6.01 Å². The fourth-order valence-corrected chi connectivity index (χ4v) is 2.96. The van der Waals surface area contributed by atoms with E-state index in [1.54, 1.807) is 0 Å². The van der Waals surface area contributed by atoms with Gasteiger partial charge in [0.05, 0.1) is 33.8 Å². The van der Waals surface area contributed by atoms with Crippen molar-refractivity contribution >= 4 is 29.0 Å². The van der Waals surface area contributed by atoms with Gasteiger partial charge in [-0.15, -0.1) is 0 Å². The lowest BCUT2D eigenvalue weighted by molar-refractivity contribution is -0.139. The molecule has 12 nitrogen and oxygen atoms in total. The Balaban J connectivity index is 1.76. The maximum atomic E-state index is 11.5. The molecule has 4 N–H and O–H groups in total. The normalized spacial score (nSPS) is 10.7. The van der Waals surface area contributed by atoms with E-state index in [1.807, 2.05) is 24.3 Å². The number of alkyl carbamates (subject to hydrolysis) is 1. The molecule has 0 aliphatic carbocycles. The predicted molar refractivity (Wildman–Crippen MR) is 113 cm³/mol. The van der Waals surface area contributed by atoms with Crippen molar-refractivity contribution in [3.05, 3.63) is 35.4 Å². The van der Waals surface area contributed by atoms with Crippen LogP contribution in [-0.2, 0) is 27.2 Å². The molecule has 0 atom stereocenters. The standard InChI is InChI=1S/C20H24N6O6/c1-30-14(27)10-12-5-3-6-13(9-12)11-26-17-15(23-19(26)28)16(21)24-18(25-17)32-8-4-7-22-20(29)31-2/h3,5-6,9H,4,7-8,10-11H2,1-2H3,(H,22,29)(H,23,28)(H2,21,24,25). The van der Waals surface area contributed by atoms with Crippen LogP contribution in [0.15, 0.2) is 24.3 Å². The second-order valence-electron chi connectivity index (χ2n) is 6.75. The highest BCUT2D eigenvalue weighted by Gasteiger charge is 2.17. The summed E-state index contributed by atoms with van der Waals surface area (Å²) in [4.78, 5) is 35.0. The van der Waals surface area contributed by atoms with Crippen LogP contribution in [-0.4, -0.2) is 64.1 Å². The van der Waals surface area contributed by atoms with Crippen LogP contribution in [0.1, 0.15) is 17.5 Å². The van der Waals surface area contributed by atoms with Crippen LogP contribution in [0.4, 0.5) is 10.6 Å². The molecule has 1 aromatic carbocycles. The third-order valence-electron chi connectivity index (χ3n) is 4.50. The van der Waals surface area contributed by atoms with Crippen LogP contribution in [0.5, 0.6) is 12.0 Å². The quantitative estimate of drug-likeness (QED) is 0.320. The number of ether oxygens (including phenoxy) is 3. The molecule has 0 aliphatic rings. The van der Waals surface area contributed by atoms with Gasteiger partial charge in [0.2, 0.25) is 0 Å². The Labute approximate surface area is 183 Å². The van der Waals surface area contributed by atoms with Crippen molar-refractivity contribution < 1.29 is 28.9 Å². The number of nitrogens with two attached hydrogens (primary N) is 1. The molecular formula is C20H24N6O6. The molecule has 0 spiro atoms. The first-order chi connectivity index (χ1) is 15.4. The molecule has 1 amide bonds. The Kier molecular flexibility index (Phi) is 7.26. The molecule has 12 heteroatoms. The highest BCUT2D eigenvalue weighted by Crippen LogP contribution is 2.26. The minimum absolute atomic E-state index is 0.0219. The van der Waals surface area contributed by atoms with Crippen LogP contribution >= 0.6 is 0 Å². The van der Waals surface area contributed by atoms with Gasteiger partial charge in [0, 0.05) is 6.54 Å². The number of nitrogen functional groups attached to an aromatic ring is 1. The fraction of sp³-hybridized carbons (Fsp3) is 0.350. The smallest absolute Gasteiger partial charge is 0.406 e. The average molecular weight is 444 g/mol. The minimum Gasteiger partial charge on any atom is -0.480 e. The minimum atomic E-state index is -0.526. The Morgan fingerprint density at radius 2 is 1.94 bits per heavy atom. The van der Waals surface area contributed by atoms with E-state index >= 15 is 0 Å². The zero-order valence-corrected chi connectivity index (χ0v) is 17.7. The van der Waals surface area contributed by atoms with Gasteiger partial charge in [-0.05, 0) is 17.5 Å². The number of benzene rings is 1. The number of esters is 1. The van der Waals surface area contributed by atoms with Crippen LogP contribution in [0, 0.1) is 0 Å². The summed E-state index contributed by atoms with van der Waals surface area (Å²) in [6.45, 7) is 0.811. The number of hydrogen-bond donors (Lipinski definition) is 3. The number of hydrogen-bond acceptors (Lipinski definition) is 10.